The topological polar surface area (TPSA) is 12.5 Å². The second kappa shape index (κ2) is 13.4. The van der Waals surface area contributed by atoms with Gasteiger partial charge in [0, 0.05) is 20.8 Å². The Morgan fingerprint density at radius 2 is 1.67 bits per heavy atom. The number of alkyl halides is 1. The summed E-state index contributed by atoms with van der Waals surface area (Å²) in [4.78, 5) is 2.11. The van der Waals surface area contributed by atoms with Gasteiger partial charge in [-0.15, -0.1) is 0 Å². The Morgan fingerprint density at radius 3 is 1.75 bits per heavy atom. The molecule has 0 radical (unpaired) electrons. The fourth-order valence-electron chi connectivity index (χ4n) is 0.725. The van der Waals surface area contributed by atoms with Gasteiger partial charge in [-0.3, -0.25) is 0 Å². The highest BCUT2D eigenvalue weighted by atomic mass is 19.1. The van der Waals surface area contributed by atoms with Crippen LogP contribution in [0.5, 0.6) is 0 Å². The van der Waals surface area contributed by atoms with Gasteiger partial charge < -0.3 is 9.64 Å². The number of hydrogen-bond donors (Lipinski definition) is 0. The van der Waals surface area contributed by atoms with Crippen molar-refractivity contribution >= 4 is 0 Å². The van der Waals surface area contributed by atoms with Crippen molar-refractivity contribution in [2.24, 2.45) is 0 Å². The van der Waals surface area contributed by atoms with Gasteiger partial charge in [0.25, 0.3) is 0 Å². The van der Waals surface area contributed by atoms with Gasteiger partial charge in [0.15, 0.2) is 0 Å². The van der Waals surface area contributed by atoms with Gasteiger partial charge in [-0.1, -0.05) is 13.8 Å². The van der Waals surface area contributed by atoms with E-state index in [0.29, 0.717) is 6.54 Å². The maximum Gasteiger partial charge on any atom is 0.102 e. The van der Waals surface area contributed by atoms with Crippen molar-refractivity contribution in [3.63, 3.8) is 0 Å². The van der Waals surface area contributed by atoms with Gasteiger partial charge in [-0.05, 0) is 19.5 Å². The fourth-order valence-corrected chi connectivity index (χ4v) is 0.725. The van der Waals surface area contributed by atoms with Crippen LogP contribution in [0.1, 0.15) is 20.3 Å². The number of hydrogen-bond acceptors (Lipinski definition) is 2. The number of nitrogens with zero attached hydrogens (tertiary/aromatic N) is 1. The molecular weight excluding hydrogens is 157 g/mol. The first kappa shape index (κ1) is 14.4. The number of halogens is 1. The first-order valence-electron chi connectivity index (χ1n) is 4.53. The molecule has 0 aromatic rings. The predicted molar refractivity (Wildman–Crippen MR) is 51.3 cm³/mol. The van der Waals surface area contributed by atoms with Crippen molar-refractivity contribution in [2.45, 2.75) is 20.3 Å². The average molecular weight is 179 g/mol. The van der Waals surface area contributed by atoms with E-state index in [1.54, 1.807) is 14.2 Å². The lowest BCUT2D eigenvalue weighted by Crippen LogP contribution is -2.38. The van der Waals surface area contributed by atoms with Crippen LogP contribution in [0.4, 0.5) is 4.39 Å². The van der Waals surface area contributed by atoms with Gasteiger partial charge in [0.2, 0.25) is 0 Å². The predicted octanol–water partition coefficient (Wildman–Crippen LogP) is 1.95. The van der Waals surface area contributed by atoms with E-state index in [-0.39, 0.29) is 6.67 Å². The van der Waals surface area contributed by atoms with E-state index in [1.807, 2.05) is 13.8 Å². The minimum atomic E-state index is -0.181. The summed E-state index contributed by atoms with van der Waals surface area (Å²) >= 11 is 0. The monoisotopic (exact) mass is 179 g/mol. The minimum absolute atomic E-state index is 0.181. The normalized spacial score (nSPS) is 14.8. The molecule has 0 N–H and O–H groups in total. The molecule has 1 aliphatic heterocycles. The van der Waals surface area contributed by atoms with Gasteiger partial charge in [-0.25, -0.2) is 4.39 Å². The molecule has 0 unspecified atom stereocenters. The Morgan fingerprint density at radius 1 is 1.25 bits per heavy atom. The second-order valence-corrected chi connectivity index (χ2v) is 2.29. The third kappa shape index (κ3) is 9.85. The third-order valence-electron chi connectivity index (χ3n) is 1.35. The Hall–Kier alpha value is -0.150. The highest BCUT2D eigenvalue weighted by Crippen LogP contribution is 2.03. The smallest absolute Gasteiger partial charge is 0.102 e. The van der Waals surface area contributed by atoms with E-state index in [4.69, 9.17) is 0 Å². The lowest BCUT2D eigenvalue weighted by molar-refractivity contribution is 0.167. The van der Waals surface area contributed by atoms with Gasteiger partial charge >= 0.3 is 0 Å². The summed E-state index contributed by atoms with van der Waals surface area (Å²) in [5.41, 5.74) is 0. The van der Waals surface area contributed by atoms with Crippen LogP contribution in [-0.2, 0) is 4.74 Å². The summed E-state index contributed by atoms with van der Waals surface area (Å²) in [5.74, 6) is 0. The van der Waals surface area contributed by atoms with Crippen LogP contribution in [0.3, 0.4) is 0 Å². The summed E-state index contributed by atoms with van der Waals surface area (Å²) in [6, 6.07) is 0. The summed E-state index contributed by atoms with van der Waals surface area (Å²) in [6.07, 6.45) is 1.26. The first-order valence-corrected chi connectivity index (χ1v) is 4.53. The summed E-state index contributed by atoms with van der Waals surface area (Å²) in [6.45, 7) is 6.70. The van der Waals surface area contributed by atoms with Crippen LogP contribution in [-0.4, -0.2) is 45.4 Å². The molecule has 0 amide bonds. The summed E-state index contributed by atoms with van der Waals surface area (Å²) < 4.78 is 15.7. The maximum absolute atomic E-state index is 11.4. The van der Waals surface area contributed by atoms with E-state index in [1.165, 1.54) is 6.42 Å². The van der Waals surface area contributed by atoms with Crippen molar-refractivity contribution in [1.82, 2.24) is 4.90 Å². The zero-order valence-electron chi connectivity index (χ0n) is 8.77. The highest BCUT2D eigenvalue weighted by molar-refractivity contribution is 4.66. The Kier molecular flexibility index (Phi) is 16.1. The zero-order valence-corrected chi connectivity index (χ0v) is 8.77. The van der Waals surface area contributed by atoms with Gasteiger partial charge in [-0.2, -0.15) is 0 Å². The number of rotatable bonds is 2. The molecule has 1 heterocycles. The minimum Gasteiger partial charge on any atom is -0.388 e. The van der Waals surface area contributed by atoms with Crippen LogP contribution in [0, 0.1) is 0 Å². The maximum atomic E-state index is 11.4. The van der Waals surface area contributed by atoms with Crippen LogP contribution in [0.2, 0.25) is 0 Å². The van der Waals surface area contributed by atoms with Crippen molar-refractivity contribution < 1.29 is 9.13 Å². The Balaban J connectivity index is 0. The van der Waals surface area contributed by atoms with Crippen LogP contribution >= 0.6 is 0 Å². The van der Waals surface area contributed by atoms with Crippen molar-refractivity contribution in [3.05, 3.63) is 0 Å². The molecule has 0 aliphatic carbocycles. The zero-order chi connectivity index (χ0) is 9.82. The average Bonchev–Trinajstić information content (AvgIpc) is 2.03. The molecule has 1 fully saturated rings. The molecule has 3 heteroatoms. The lowest BCUT2D eigenvalue weighted by Gasteiger charge is -2.29. The number of ether oxygens (including phenoxy) is 1. The molecular formula is C9H22FNO. The molecule has 1 aliphatic rings. The largest absolute Gasteiger partial charge is 0.388 e. The molecule has 0 saturated carbocycles. The molecule has 12 heavy (non-hydrogen) atoms. The van der Waals surface area contributed by atoms with Crippen molar-refractivity contribution in [1.29, 1.82) is 0 Å². The number of likely N-dealkylation sites (tertiary alicyclic amines) is 1. The SMILES string of the molecule is CC.COC.FCCN1CCC1. The van der Waals surface area contributed by atoms with E-state index in [9.17, 15) is 4.39 Å². The molecule has 0 aromatic heterocycles. The molecule has 1 rings (SSSR count). The quantitative estimate of drug-likeness (QED) is 0.642. The highest BCUT2D eigenvalue weighted by Gasteiger charge is 2.11. The Labute approximate surface area is 75.7 Å². The molecule has 0 aromatic carbocycles. The summed E-state index contributed by atoms with van der Waals surface area (Å²) in [7, 11) is 3.25. The first-order chi connectivity index (χ1) is 5.85. The molecule has 2 nitrogen and oxygen atoms in total. The van der Waals surface area contributed by atoms with E-state index in [2.05, 4.69) is 9.64 Å². The molecule has 76 valence electrons. The number of methoxy groups -OCH3 is 1. The molecule has 0 bridgehead atoms. The summed E-state index contributed by atoms with van der Waals surface area (Å²) in [5, 5.41) is 0. The third-order valence-corrected chi connectivity index (χ3v) is 1.35. The molecule has 0 atom stereocenters. The van der Waals surface area contributed by atoms with Crippen LogP contribution in [0.15, 0.2) is 0 Å². The van der Waals surface area contributed by atoms with E-state index in [0.717, 1.165) is 13.1 Å². The van der Waals surface area contributed by atoms with E-state index >= 15 is 0 Å². The van der Waals surface area contributed by atoms with E-state index < -0.39 is 0 Å². The van der Waals surface area contributed by atoms with Crippen LogP contribution in [0.25, 0.3) is 0 Å². The Bertz CT molecular complexity index is 67.5. The lowest BCUT2D eigenvalue weighted by atomic mass is 10.2. The standard InChI is InChI=1S/C5H10FN.C2H6O.C2H6/c6-2-5-7-3-1-4-7;1-3-2;1-2/h1-5H2;1-2H3;1-2H3. The molecule has 1 saturated heterocycles. The second-order valence-electron chi connectivity index (χ2n) is 2.29. The van der Waals surface area contributed by atoms with Gasteiger partial charge in [0.05, 0.1) is 0 Å². The van der Waals surface area contributed by atoms with Crippen LogP contribution < -0.4 is 0 Å². The van der Waals surface area contributed by atoms with Crippen molar-refractivity contribution in [3.8, 4) is 0 Å². The fraction of sp³-hybridized carbons (Fsp3) is 1.00. The van der Waals surface area contributed by atoms with Gasteiger partial charge in [0.1, 0.15) is 6.67 Å². The van der Waals surface area contributed by atoms with Crippen molar-refractivity contribution in [2.75, 3.05) is 40.5 Å². The molecule has 0 spiro atoms.